The topological polar surface area (TPSA) is 96.7 Å². The van der Waals surface area contributed by atoms with E-state index in [0.29, 0.717) is 18.9 Å². The monoisotopic (exact) mass is 421 g/mol. The van der Waals surface area contributed by atoms with Crippen molar-refractivity contribution in [2.75, 3.05) is 32.1 Å². The van der Waals surface area contributed by atoms with Crippen molar-refractivity contribution in [3.05, 3.63) is 60.2 Å². The fourth-order valence-electron chi connectivity index (χ4n) is 2.67. The maximum absolute atomic E-state index is 12.6. The third-order valence-electron chi connectivity index (χ3n) is 4.15. The minimum Gasteiger partial charge on any atom is -0.492 e. The highest BCUT2D eigenvalue weighted by Crippen LogP contribution is 2.29. The minimum absolute atomic E-state index is 0.163. The molecule has 9 nitrogen and oxygen atoms in total. The number of anilines is 1. The van der Waals surface area contributed by atoms with Gasteiger partial charge >= 0.3 is 6.09 Å². The highest BCUT2D eigenvalue weighted by atomic mass is 16.6. The van der Waals surface area contributed by atoms with E-state index in [1.54, 1.807) is 38.6 Å². The first kappa shape index (κ1) is 21.7. The molecule has 0 N–H and O–H groups in total. The summed E-state index contributed by atoms with van der Waals surface area (Å²) in [4.78, 5) is 39.8. The molecule has 2 heterocycles. The van der Waals surface area contributed by atoms with Crippen molar-refractivity contribution in [3.63, 3.8) is 0 Å². The molecule has 0 radical (unpaired) electrons. The molecule has 160 valence electrons. The Hall–Kier alpha value is -4.01. The molecule has 0 saturated heterocycles. The fourth-order valence-corrected chi connectivity index (χ4v) is 2.67. The van der Waals surface area contributed by atoms with E-state index in [0.717, 1.165) is 5.69 Å². The Morgan fingerprint density at radius 1 is 1.19 bits per heavy atom. The highest BCUT2D eigenvalue weighted by molar-refractivity contribution is 6.03. The number of aliphatic imine (C=N–C) groups is 2. The highest BCUT2D eigenvalue weighted by Gasteiger charge is 2.17. The number of carbonyl (C=O) groups excluding carboxylic acids is 2. The van der Waals surface area contributed by atoms with E-state index in [4.69, 9.17) is 9.47 Å². The average molecular weight is 421 g/mol. The van der Waals surface area contributed by atoms with Crippen LogP contribution >= 0.6 is 0 Å². The van der Waals surface area contributed by atoms with Crippen molar-refractivity contribution in [3.8, 4) is 11.5 Å². The van der Waals surface area contributed by atoms with Crippen LogP contribution in [0.4, 0.5) is 10.5 Å². The van der Waals surface area contributed by atoms with Crippen LogP contribution in [-0.4, -0.2) is 61.6 Å². The molecule has 1 aliphatic heterocycles. The van der Waals surface area contributed by atoms with E-state index >= 15 is 0 Å². The molecule has 31 heavy (non-hydrogen) atoms. The molecular formula is C22H23N5O4. The number of carbonyl (C=O) groups is 2. The number of ether oxygens (including phenoxy) is 2. The summed E-state index contributed by atoms with van der Waals surface area (Å²) in [5, 5.41) is 0. The Labute approximate surface area is 180 Å². The average Bonchev–Trinajstić information content (AvgIpc) is 2.79. The van der Waals surface area contributed by atoms with Gasteiger partial charge in [-0.3, -0.25) is 14.8 Å². The zero-order valence-corrected chi connectivity index (χ0v) is 17.6. The lowest BCUT2D eigenvalue weighted by atomic mass is 10.2. The Morgan fingerprint density at radius 3 is 2.74 bits per heavy atom. The molecule has 2 aromatic rings. The van der Waals surface area contributed by atoms with Gasteiger partial charge in [0.05, 0.1) is 25.1 Å². The molecule has 1 aliphatic rings. The quantitative estimate of drug-likeness (QED) is 0.666. The van der Waals surface area contributed by atoms with E-state index in [1.807, 2.05) is 36.1 Å². The van der Waals surface area contributed by atoms with E-state index in [9.17, 15) is 9.59 Å². The van der Waals surface area contributed by atoms with Crippen molar-refractivity contribution < 1.29 is 19.1 Å². The van der Waals surface area contributed by atoms with Gasteiger partial charge in [-0.25, -0.2) is 9.79 Å². The van der Waals surface area contributed by atoms with E-state index in [-0.39, 0.29) is 17.1 Å². The number of pyridine rings is 1. The number of amides is 2. The molecule has 0 unspecified atom stereocenters. The Bertz CT molecular complexity index is 1050. The van der Waals surface area contributed by atoms with Gasteiger partial charge < -0.3 is 19.3 Å². The van der Waals surface area contributed by atoms with Gasteiger partial charge in [-0.15, -0.1) is 0 Å². The van der Waals surface area contributed by atoms with Crippen molar-refractivity contribution in [2.45, 2.75) is 6.92 Å². The predicted molar refractivity (Wildman–Crippen MR) is 118 cm³/mol. The largest absolute Gasteiger partial charge is 0.492 e. The molecule has 1 aromatic carbocycles. The van der Waals surface area contributed by atoms with E-state index in [2.05, 4.69) is 15.0 Å². The Kier molecular flexibility index (Phi) is 7.10. The van der Waals surface area contributed by atoms with Crippen LogP contribution in [0.5, 0.6) is 11.5 Å². The number of aromatic nitrogens is 1. The molecular weight excluding hydrogens is 398 g/mol. The van der Waals surface area contributed by atoms with E-state index < -0.39 is 12.0 Å². The molecule has 0 spiro atoms. The molecule has 0 atom stereocenters. The summed E-state index contributed by atoms with van der Waals surface area (Å²) in [5.41, 5.74) is 1.24. The second-order valence-electron chi connectivity index (χ2n) is 6.59. The first-order valence-corrected chi connectivity index (χ1v) is 9.65. The minimum atomic E-state index is -0.558. The number of nitrogens with zero attached hydrogens (tertiary/aromatic N) is 5. The first-order valence-electron chi connectivity index (χ1n) is 9.65. The third kappa shape index (κ3) is 5.53. The van der Waals surface area contributed by atoms with Crippen LogP contribution in [-0.2, 0) is 4.79 Å². The van der Waals surface area contributed by atoms with Gasteiger partial charge in [-0.05, 0) is 31.2 Å². The first-order chi connectivity index (χ1) is 15.0. The molecule has 1 aromatic heterocycles. The lowest BCUT2D eigenvalue weighted by Crippen LogP contribution is -2.25. The van der Waals surface area contributed by atoms with Gasteiger partial charge in [0.2, 0.25) is 0 Å². The summed E-state index contributed by atoms with van der Waals surface area (Å²) in [5.74, 6) is 0.365. The lowest BCUT2D eigenvalue weighted by molar-refractivity contribution is -0.114. The Balaban J connectivity index is 1.79. The molecule has 0 fully saturated rings. The van der Waals surface area contributed by atoms with Gasteiger partial charge in [0.15, 0.2) is 5.75 Å². The predicted octanol–water partition coefficient (Wildman–Crippen LogP) is 2.92. The van der Waals surface area contributed by atoms with Gasteiger partial charge in [0.25, 0.3) is 5.91 Å². The molecule has 2 amide bonds. The van der Waals surface area contributed by atoms with Crippen molar-refractivity contribution in [2.24, 2.45) is 9.98 Å². The van der Waals surface area contributed by atoms with Crippen LogP contribution < -0.4 is 14.4 Å². The molecule has 3 rings (SSSR count). The van der Waals surface area contributed by atoms with Crippen LogP contribution in [0.25, 0.3) is 0 Å². The van der Waals surface area contributed by atoms with Crippen LogP contribution in [0.2, 0.25) is 0 Å². The summed E-state index contributed by atoms with van der Waals surface area (Å²) in [6, 6.07) is 10.8. The van der Waals surface area contributed by atoms with Crippen LogP contribution in [0, 0.1) is 0 Å². The second kappa shape index (κ2) is 10.1. The summed E-state index contributed by atoms with van der Waals surface area (Å²) in [6.07, 6.45) is 5.48. The van der Waals surface area contributed by atoms with Gasteiger partial charge in [0, 0.05) is 32.7 Å². The fraction of sp³-hybridized carbons (Fsp3) is 0.227. The molecule has 0 saturated carbocycles. The van der Waals surface area contributed by atoms with Crippen LogP contribution in [0.1, 0.15) is 12.6 Å². The van der Waals surface area contributed by atoms with E-state index in [1.165, 1.54) is 17.3 Å². The maximum atomic E-state index is 12.6. The van der Waals surface area contributed by atoms with Crippen LogP contribution in [0.15, 0.2) is 64.5 Å². The SMILES string of the molecule is CCOc1ccccc1N1C=C(C(=O)N=Cc2ncccc2OC(=O)N(C)C)N=CC1. The summed E-state index contributed by atoms with van der Waals surface area (Å²) < 4.78 is 10.9. The Morgan fingerprint density at radius 2 is 1.97 bits per heavy atom. The van der Waals surface area contributed by atoms with Gasteiger partial charge in [-0.2, -0.15) is 0 Å². The third-order valence-corrected chi connectivity index (χ3v) is 4.15. The maximum Gasteiger partial charge on any atom is 0.414 e. The second-order valence-corrected chi connectivity index (χ2v) is 6.59. The van der Waals surface area contributed by atoms with Gasteiger partial charge in [-0.1, -0.05) is 12.1 Å². The van der Waals surface area contributed by atoms with Crippen molar-refractivity contribution in [1.29, 1.82) is 0 Å². The molecule has 0 aliphatic carbocycles. The molecule has 0 bridgehead atoms. The number of hydrogen-bond donors (Lipinski definition) is 0. The number of para-hydroxylation sites is 2. The zero-order valence-electron chi connectivity index (χ0n) is 17.6. The van der Waals surface area contributed by atoms with Crippen LogP contribution in [0.3, 0.4) is 0 Å². The smallest absolute Gasteiger partial charge is 0.414 e. The van der Waals surface area contributed by atoms with Crippen molar-refractivity contribution >= 4 is 30.1 Å². The lowest BCUT2D eigenvalue weighted by Gasteiger charge is -2.24. The van der Waals surface area contributed by atoms with Crippen molar-refractivity contribution in [1.82, 2.24) is 9.88 Å². The summed E-state index contributed by atoms with van der Waals surface area (Å²) >= 11 is 0. The normalized spacial score (nSPS) is 13.1. The summed E-state index contributed by atoms with van der Waals surface area (Å²) in [7, 11) is 3.14. The number of benzene rings is 1. The molecule has 9 heteroatoms. The number of hydrogen-bond acceptors (Lipinski definition) is 7. The van der Waals surface area contributed by atoms with Gasteiger partial charge in [0.1, 0.15) is 17.1 Å². The number of rotatable bonds is 6. The summed E-state index contributed by atoms with van der Waals surface area (Å²) in [6.45, 7) is 2.94. The zero-order chi connectivity index (χ0) is 22.2. The standard InChI is InChI=1S/C22H23N5O4/c1-4-30-20-9-6-5-8-18(20)27-13-12-24-17(15-27)21(28)25-14-16-19(10-7-11-23-16)31-22(29)26(2)3/h5-12,14-15H,4,13H2,1-3H3.